The predicted octanol–water partition coefficient (Wildman–Crippen LogP) is 4.37. The summed E-state index contributed by atoms with van der Waals surface area (Å²) in [6.07, 6.45) is 6.23. The van der Waals surface area contributed by atoms with Crippen LogP contribution in [0.25, 0.3) is 0 Å². The van der Waals surface area contributed by atoms with Crippen LogP contribution in [0.15, 0.2) is 60.2 Å². The van der Waals surface area contributed by atoms with E-state index in [1.165, 1.54) is 22.7 Å². The summed E-state index contributed by atoms with van der Waals surface area (Å²) in [6, 6.07) is 15.8. The summed E-state index contributed by atoms with van der Waals surface area (Å²) in [5.74, 6) is -0.255. The first-order valence-corrected chi connectivity index (χ1v) is 12.9. The van der Waals surface area contributed by atoms with Crippen molar-refractivity contribution in [3.8, 4) is 0 Å². The van der Waals surface area contributed by atoms with Gasteiger partial charge in [0, 0.05) is 48.5 Å². The maximum absolute atomic E-state index is 13.2. The molecule has 0 radical (unpaired) electrons. The second kappa shape index (κ2) is 12.1. The summed E-state index contributed by atoms with van der Waals surface area (Å²) < 4.78 is 13.2. The van der Waals surface area contributed by atoms with E-state index < -0.39 is 0 Å². The minimum absolute atomic E-state index is 0.0107. The second-order valence-corrected chi connectivity index (χ2v) is 10.0. The molecule has 1 atom stereocenters. The van der Waals surface area contributed by atoms with Crippen molar-refractivity contribution in [2.75, 3.05) is 24.5 Å². The van der Waals surface area contributed by atoms with E-state index in [0.717, 1.165) is 43.5 Å². The number of piperidine rings is 1. The highest BCUT2D eigenvalue weighted by Gasteiger charge is 2.21. The largest absolute Gasteiger partial charge is 0.371 e. The molecule has 0 bridgehead atoms. The molecule has 1 aliphatic heterocycles. The lowest BCUT2D eigenvalue weighted by atomic mass is 10.0. The number of anilines is 1. The van der Waals surface area contributed by atoms with Gasteiger partial charge in [-0.2, -0.15) is 0 Å². The molecule has 0 spiro atoms. The standard InChI is InChI=1S/C27H33FN4OS/c1-20(15-26-18-29-19-34-26)31-24-10-13-32(14-11-24)25-7-5-22(6-8-25)17-27(33)30-12-9-21-3-2-4-23(28)16-21/h2-8,16,18-20,24,31H,9-15,17H2,1H3,(H,30,33)/t20-/m1/s1. The Morgan fingerprint density at radius 1 is 1.18 bits per heavy atom. The van der Waals surface area contributed by atoms with E-state index in [1.54, 1.807) is 17.4 Å². The van der Waals surface area contributed by atoms with Crippen molar-refractivity contribution in [2.24, 2.45) is 0 Å². The molecule has 1 fully saturated rings. The zero-order valence-corrected chi connectivity index (χ0v) is 20.5. The molecule has 2 heterocycles. The van der Waals surface area contributed by atoms with Gasteiger partial charge in [-0.25, -0.2) is 4.39 Å². The number of aromatic nitrogens is 1. The second-order valence-electron chi connectivity index (χ2n) is 9.07. The minimum Gasteiger partial charge on any atom is -0.371 e. The average molecular weight is 481 g/mol. The SMILES string of the molecule is C[C@H](Cc1cncs1)NC1CCN(c2ccc(CC(=O)NCCc3cccc(F)c3)cc2)CC1. The molecule has 1 aliphatic rings. The number of hydrogen-bond acceptors (Lipinski definition) is 5. The molecule has 4 rings (SSSR count). The molecule has 2 aromatic carbocycles. The van der Waals surface area contributed by atoms with Gasteiger partial charge in [-0.1, -0.05) is 24.3 Å². The number of rotatable bonds is 10. The van der Waals surface area contributed by atoms with Crippen LogP contribution < -0.4 is 15.5 Å². The summed E-state index contributed by atoms with van der Waals surface area (Å²) in [6.45, 7) is 4.82. The molecule has 34 heavy (non-hydrogen) atoms. The molecule has 5 nitrogen and oxygen atoms in total. The lowest BCUT2D eigenvalue weighted by molar-refractivity contribution is -0.120. The van der Waals surface area contributed by atoms with Crippen LogP contribution in [0.4, 0.5) is 10.1 Å². The number of amides is 1. The average Bonchev–Trinajstić information content (AvgIpc) is 3.33. The van der Waals surface area contributed by atoms with Gasteiger partial charge in [-0.15, -0.1) is 11.3 Å². The van der Waals surface area contributed by atoms with Crippen LogP contribution in [-0.2, 0) is 24.1 Å². The first kappa shape index (κ1) is 24.4. The number of thiazole rings is 1. The molecule has 1 amide bonds. The van der Waals surface area contributed by atoms with Crippen molar-refractivity contribution in [3.05, 3.63) is 82.1 Å². The van der Waals surface area contributed by atoms with Crippen LogP contribution in [-0.4, -0.2) is 42.6 Å². The van der Waals surface area contributed by atoms with Gasteiger partial charge < -0.3 is 15.5 Å². The van der Waals surface area contributed by atoms with E-state index >= 15 is 0 Å². The Bertz CT molecular complexity index is 1030. The summed E-state index contributed by atoms with van der Waals surface area (Å²) in [7, 11) is 0. The van der Waals surface area contributed by atoms with Crippen LogP contribution in [0.1, 0.15) is 35.8 Å². The van der Waals surface area contributed by atoms with Gasteiger partial charge >= 0.3 is 0 Å². The summed E-state index contributed by atoms with van der Waals surface area (Å²) in [5, 5.41) is 6.71. The molecule has 1 saturated heterocycles. The fraction of sp³-hybridized carbons (Fsp3) is 0.407. The van der Waals surface area contributed by atoms with Crippen LogP contribution >= 0.6 is 11.3 Å². The fourth-order valence-corrected chi connectivity index (χ4v) is 5.25. The molecule has 180 valence electrons. The summed E-state index contributed by atoms with van der Waals surface area (Å²) in [4.78, 5) is 20.2. The van der Waals surface area contributed by atoms with E-state index in [-0.39, 0.29) is 11.7 Å². The van der Waals surface area contributed by atoms with Crippen molar-refractivity contribution in [3.63, 3.8) is 0 Å². The number of nitrogens with zero attached hydrogens (tertiary/aromatic N) is 2. The van der Waals surface area contributed by atoms with Crippen molar-refractivity contribution >= 4 is 22.9 Å². The highest BCUT2D eigenvalue weighted by molar-refractivity contribution is 7.09. The molecular formula is C27H33FN4OS. The van der Waals surface area contributed by atoms with Crippen molar-refractivity contribution in [2.45, 2.75) is 51.1 Å². The number of benzene rings is 2. The Kier molecular flexibility index (Phi) is 8.66. The maximum atomic E-state index is 13.2. The Morgan fingerprint density at radius 2 is 1.97 bits per heavy atom. The highest BCUT2D eigenvalue weighted by atomic mass is 32.1. The van der Waals surface area contributed by atoms with E-state index in [4.69, 9.17) is 0 Å². The van der Waals surface area contributed by atoms with Gasteiger partial charge in [0.25, 0.3) is 0 Å². The topological polar surface area (TPSA) is 57.3 Å². The number of carbonyl (C=O) groups excluding carboxylic acids is 1. The predicted molar refractivity (Wildman–Crippen MR) is 137 cm³/mol. The van der Waals surface area contributed by atoms with Gasteiger partial charge in [-0.05, 0) is 68.0 Å². The van der Waals surface area contributed by atoms with Crippen molar-refractivity contribution in [1.82, 2.24) is 15.6 Å². The van der Waals surface area contributed by atoms with E-state index in [0.29, 0.717) is 31.5 Å². The molecular weight excluding hydrogens is 447 g/mol. The Morgan fingerprint density at radius 3 is 2.68 bits per heavy atom. The van der Waals surface area contributed by atoms with Gasteiger partial charge in [0.2, 0.25) is 5.91 Å². The van der Waals surface area contributed by atoms with Gasteiger partial charge in [-0.3, -0.25) is 9.78 Å². The number of nitrogens with one attached hydrogen (secondary N) is 2. The van der Waals surface area contributed by atoms with Crippen molar-refractivity contribution < 1.29 is 9.18 Å². The van der Waals surface area contributed by atoms with Crippen LogP contribution in [0.3, 0.4) is 0 Å². The molecule has 3 aromatic rings. The van der Waals surface area contributed by atoms with E-state index in [1.807, 2.05) is 29.9 Å². The monoisotopic (exact) mass is 480 g/mol. The van der Waals surface area contributed by atoms with E-state index in [2.05, 4.69) is 39.6 Å². The van der Waals surface area contributed by atoms with Crippen molar-refractivity contribution in [1.29, 1.82) is 0 Å². The number of halogens is 1. The highest BCUT2D eigenvalue weighted by Crippen LogP contribution is 2.21. The lowest BCUT2D eigenvalue weighted by Crippen LogP contribution is -2.46. The zero-order chi connectivity index (χ0) is 23.8. The van der Waals surface area contributed by atoms with Gasteiger partial charge in [0.05, 0.1) is 11.9 Å². The first-order chi connectivity index (χ1) is 16.5. The molecule has 2 N–H and O–H groups in total. The first-order valence-electron chi connectivity index (χ1n) is 12.0. The third kappa shape index (κ3) is 7.37. The number of hydrogen-bond donors (Lipinski definition) is 2. The Labute approximate surface area is 205 Å². The Balaban J connectivity index is 1.17. The Hall–Kier alpha value is -2.77. The normalized spacial score (nSPS) is 15.3. The van der Waals surface area contributed by atoms with Crippen LogP contribution in [0.2, 0.25) is 0 Å². The third-order valence-corrected chi connectivity index (χ3v) is 7.10. The molecule has 1 aromatic heterocycles. The quantitative estimate of drug-likeness (QED) is 0.452. The van der Waals surface area contributed by atoms with Crippen LogP contribution in [0, 0.1) is 5.82 Å². The lowest BCUT2D eigenvalue weighted by Gasteiger charge is -2.35. The van der Waals surface area contributed by atoms with E-state index in [9.17, 15) is 9.18 Å². The third-order valence-electron chi connectivity index (χ3n) is 6.30. The number of carbonyl (C=O) groups is 1. The van der Waals surface area contributed by atoms with Crippen LogP contribution in [0.5, 0.6) is 0 Å². The summed E-state index contributed by atoms with van der Waals surface area (Å²) >= 11 is 1.72. The molecule has 7 heteroatoms. The minimum atomic E-state index is -0.245. The van der Waals surface area contributed by atoms with Gasteiger partial charge in [0.15, 0.2) is 0 Å². The zero-order valence-electron chi connectivity index (χ0n) is 19.7. The summed E-state index contributed by atoms with van der Waals surface area (Å²) in [5.41, 5.74) is 5.00. The fourth-order valence-electron chi connectivity index (χ4n) is 4.52. The van der Waals surface area contributed by atoms with Gasteiger partial charge in [0.1, 0.15) is 5.82 Å². The molecule has 0 unspecified atom stereocenters. The molecule has 0 saturated carbocycles. The molecule has 0 aliphatic carbocycles. The maximum Gasteiger partial charge on any atom is 0.224 e. The smallest absolute Gasteiger partial charge is 0.224 e.